The molecule has 2 aliphatic rings. The van der Waals surface area contributed by atoms with Crippen molar-refractivity contribution in [3.05, 3.63) is 35.4 Å². The molecule has 1 aromatic rings. The molecule has 1 aromatic carbocycles. The first kappa shape index (κ1) is 15.3. The van der Waals surface area contributed by atoms with Gasteiger partial charge in [0, 0.05) is 13.1 Å². The van der Waals surface area contributed by atoms with Gasteiger partial charge in [-0.3, -0.25) is 0 Å². The smallest absolute Gasteiger partial charge is 0.317 e. The molecular formula is C16H22N2O3S. The molecule has 0 spiro atoms. The minimum absolute atomic E-state index is 0.0322. The minimum atomic E-state index is -3.02. The Hall–Kier alpha value is -1.56. The molecule has 3 rings (SSSR count). The van der Waals surface area contributed by atoms with Crippen LogP contribution < -0.4 is 5.32 Å². The van der Waals surface area contributed by atoms with Gasteiger partial charge in [-0.2, -0.15) is 0 Å². The van der Waals surface area contributed by atoms with Crippen molar-refractivity contribution in [2.75, 3.05) is 18.6 Å². The van der Waals surface area contributed by atoms with E-state index >= 15 is 0 Å². The second-order valence-electron chi connectivity index (χ2n) is 6.77. The van der Waals surface area contributed by atoms with Crippen LogP contribution in [0.3, 0.4) is 0 Å². The van der Waals surface area contributed by atoms with Crippen LogP contribution in [0.4, 0.5) is 4.79 Å². The predicted molar refractivity (Wildman–Crippen MR) is 85.6 cm³/mol. The van der Waals surface area contributed by atoms with E-state index in [1.165, 1.54) is 11.1 Å². The van der Waals surface area contributed by atoms with Gasteiger partial charge in [-0.05, 0) is 37.3 Å². The van der Waals surface area contributed by atoms with Crippen LogP contribution in [-0.4, -0.2) is 49.5 Å². The van der Waals surface area contributed by atoms with Crippen molar-refractivity contribution in [2.24, 2.45) is 0 Å². The molecule has 1 atom stereocenters. The number of sulfone groups is 1. The number of benzene rings is 1. The van der Waals surface area contributed by atoms with Gasteiger partial charge in [-0.15, -0.1) is 0 Å². The van der Waals surface area contributed by atoms with E-state index in [9.17, 15) is 13.2 Å². The molecule has 120 valence electrons. The summed E-state index contributed by atoms with van der Waals surface area (Å²) in [6.07, 6.45) is 2.20. The SMILES string of the molecule is CN(C(=O)NC1(C)CCS(=O)(=O)C1)C1Cc2ccccc2C1. The highest BCUT2D eigenvalue weighted by Crippen LogP contribution is 2.26. The minimum Gasteiger partial charge on any atom is -0.332 e. The fourth-order valence-electron chi connectivity index (χ4n) is 3.43. The van der Waals surface area contributed by atoms with E-state index in [1.807, 2.05) is 19.1 Å². The number of carbonyl (C=O) groups is 1. The molecular weight excluding hydrogens is 300 g/mol. The van der Waals surface area contributed by atoms with Crippen LogP contribution in [0.5, 0.6) is 0 Å². The lowest BCUT2D eigenvalue weighted by Crippen LogP contribution is -2.53. The van der Waals surface area contributed by atoms with Crippen LogP contribution in [0.2, 0.25) is 0 Å². The molecule has 0 radical (unpaired) electrons. The summed E-state index contributed by atoms with van der Waals surface area (Å²) < 4.78 is 23.3. The molecule has 1 unspecified atom stereocenters. The van der Waals surface area contributed by atoms with E-state index < -0.39 is 15.4 Å². The maximum atomic E-state index is 12.5. The molecule has 1 N–H and O–H groups in total. The molecule has 1 fully saturated rings. The first-order chi connectivity index (χ1) is 10.3. The Morgan fingerprint density at radius 1 is 1.27 bits per heavy atom. The van der Waals surface area contributed by atoms with E-state index in [2.05, 4.69) is 17.4 Å². The second kappa shape index (κ2) is 5.26. The Kier molecular flexibility index (Phi) is 3.67. The number of nitrogens with zero attached hydrogens (tertiary/aromatic N) is 1. The fraction of sp³-hybridized carbons (Fsp3) is 0.562. The lowest BCUT2D eigenvalue weighted by Gasteiger charge is -2.31. The second-order valence-corrected chi connectivity index (χ2v) is 8.96. The van der Waals surface area contributed by atoms with Crippen molar-refractivity contribution < 1.29 is 13.2 Å². The summed E-state index contributed by atoms with van der Waals surface area (Å²) in [4.78, 5) is 14.2. The Balaban J connectivity index is 1.64. The topological polar surface area (TPSA) is 66.5 Å². The van der Waals surface area contributed by atoms with E-state index in [1.54, 1.807) is 11.9 Å². The monoisotopic (exact) mass is 322 g/mol. The fourth-order valence-corrected chi connectivity index (χ4v) is 5.52. The number of carbonyl (C=O) groups excluding carboxylic acids is 1. The summed E-state index contributed by atoms with van der Waals surface area (Å²) in [6, 6.07) is 8.20. The van der Waals surface area contributed by atoms with Gasteiger partial charge in [0.2, 0.25) is 0 Å². The van der Waals surface area contributed by atoms with Gasteiger partial charge in [-0.25, -0.2) is 13.2 Å². The normalized spacial score (nSPS) is 26.6. The molecule has 1 heterocycles. The van der Waals surface area contributed by atoms with Crippen molar-refractivity contribution in [2.45, 2.75) is 37.8 Å². The van der Waals surface area contributed by atoms with Crippen LogP contribution in [-0.2, 0) is 22.7 Å². The van der Waals surface area contributed by atoms with Gasteiger partial charge in [0.25, 0.3) is 0 Å². The van der Waals surface area contributed by atoms with Crippen LogP contribution in [0, 0.1) is 0 Å². The highest BCUT2D eigenvalue weighted by molar-refractivity contribution is 7.91. The van der Waals surface area contributed by atoms with E-state index in [4.69, 9.17) is 0 Å². The lowest BCUT2D eigenvalue weighted by atomic mass is 10.0. The van der Waals surface area contributed by atoms with Gasteiger partial charge in [-0.1, -0.05) is 24.3 Å². The average molecular weight is 322 g/mol. The Morgan fingerprint density at radius 3 is 2.36 bits per heavy atom. The zero-order valence-corrected chi connectivity index (χ0v) is 13.8. The van der Waals surface area contributed by atoms with E-state index in [-0.39, 0.29) is 23.6 Å². The number of hydrogen-bond acceptors (Lipinski definition) is 3. The van der Waals surface area contributed by atoms with Crippen LogP contribution >= 0.6 is 0 Å². The Labute approximate surface area is 131 Å². The molecule has 1 saturated heterocycles. The number of urea groups is 1. The van der Waals surface area contributed by atoms with Crippen molar-refractivity contribution in [1.29, 1.82) is 0 Å². The zero-order valence-electron chi connectivity index (χ0n) is 13.0. The van der Waals surface area contributed by atoms with E-state index in [0.29, 0.717) is 6.42 Å². The van der Waals surface area contributed by atoms with Gasteiger partial charge in [0.15, 0.2) is 9.84 Å². The highest BCUT2D eigenvalue weighted by atomic mass is 32.2. The zero-order chi connectivity index (χ0) is 16.0. The van der Waals surface area contributed by atoms with Gasteiger partial charge in [0.05, 0.1) is 17.0 Å². The van der Waals surface area contributed by atoms with E-state index in [0.717, 1.165) is 12.8 Å². The van der Waals surface area contributed by atoms with Crippen LogP contribution in [0.15, 0.2) is 24.3 Å². The number of likely N-dealkylation sites (N-methyl/N-ethyl adjacent to an activating group) is 1. The number of amides is 2. The van der Waals surface area contributed by atoms with Crippen molar-refractivity contribution >= 4 is 15.9 Å². The molecule has 0 bridgehead atoms. The molecule has 6 heteroatoms. The van der Waals surface area contributed by atoms with Crippen molar-refractivity contribution in [3.63, 3.8) is 0 Å². The van der Waals surface area contributed by atoms with Crippen molar-refractivity contribution in [1.82, 2.24) is 10.2 Å². The largest absolute Gasteiger partial charge is 0.332 e. The predicted octanol–water partition coefficient (Wildman–Crippen LogP) is 1.37. The summed E-state index contributed by atoms with van der Waals surface area (Å²) >= 11 is 0. The quantitative estimate of drug-likeness (QED) is 0.894. The third kappa shape index (κ3) is 2.97. The maximum Gasteiger partial charge on any atom is 0.317 e. The average Bonchev–Trinajstić information content (AvgIpc) is 2.98. The van der Waals surface area contributed by atoms with Crippen LogP contribution in [0.1, 0.15) is 24.5 Å². The molecule has 1 aliphatic heterocycles. The maximum absolute atomic E-state index is 12.5. The Morgan fingerprint density at radius 2 is 1.86 bits per heavy atom. The van der Waals surface area contributed by atoms with Crippen LogP contribution in [0.25, 0.3) is 0 Å². The third-order valence-electron chi connectivity index (χ3n) is 4.81. The highest BCUT2D eigenvalue weighted by Gasteiger charge is 2.40. The summed E-state index contributed by atoms with van der Waals surface area (Å²) in [5.41, 5.74) is 1.94. The molecule has 1 aliphatic carbocycles. The molecule has 0 saturated carbocycles. The van der Waals surface area contributed by atoms with Gasteiger partial charge >= 0.3 is 6.03 Å². The van der Waals surface area contributed by atoms with Gasteiger partial charge < -0.3 is 10.2 Å². The first-order valence-corrected chi connectivity index (χ1v) is 9.42. The number of nitrogens with one attached hydrogen (secondary N) is 1. The first-order valence-electron chi connectivity index (χ1n) is 7.60. The summed E-state index contributed by atoms with van der Waals surface area (Å²) in [6.45, 7) is 1.81. The molecule has 22 heavy (non-hydrogen) atoms. The summed E-state index contributed by atoms with van der Waals surface area (Å²) in [5, 5.41) is 2.92. The molecule has 0 aromatic heterocycles. The van der Waals surface area contributed by atoms with Crippen molar-refractivity contribution in [3.8, 4) is 0 Å². The molecule has 2 amide bonds. The standard InChI is InChI=1S/C16H22N2O3S/c1-16(7-8-22(20,21)11-16)17-15(19)18(2)14-9-12-5-3-4-6-13(12)10-14/h3-6,14H,7-11H2,1-2H3,(H,17,19). The van der Waals surface area contributed by atoms with Gasteiger partial charge in [0.1, 0.15) is 0 Å². The number of hydrogen-bond donors (Lipinski definition) is 1. The summed E-state index contributed by atoms with van der Waals surface area (Å²) in [7, 11) is -1.23. The molecule has 5 nitrogen and oxygen atoms in total. The summed E-state index contributed by atoms with van der Waals surface area (Å²) in [5.74, 6) is 0.187. The number of rotatable bonds is 2. The number of fused-ring (bicyclic) bond motifs is 1. The third-order valence-corrected chi connectivity index (χ3v) is 6.71. The Bertz CT molecular complexity index is 676. The lowest BCUT2D eigenvalue weighted by molar-refractivity contribution is 0.181.